The first-order chi connectivity index (χ1) is 15.5. The molecule has 0 aromatic carbocycles. The molecule has 0 aromatic heterocycles. The first kappa shape index (κ1) is 29.1. The van der Waals surface area contributed by atoms with Crippen LogP contribution in [0.5, 0.6) is 0 Å². The molecule has 0 radical (unpaired) electrons. The van der Waals surface area contributed by atoms with Crippen LogP contribution in [-0.2, 0) is 19.1 Å². The standard InChI is InChI=1S/C26H47N3O4/c1-10-19(7)23(27-24(30)21-14-12-13-15-29(21)18(5)6)25(31)28(9)22(17(3)4)16-20(8)26(32)33-11-2/h16-19,21-23H,10-15H2,1-9H3,(H,27,30)/b20-16+/t19-,21?,22?,23?/m0/s1. The average molecular weight is 466 g/mol. The SMILES string of the molecule is CCOC(=O)/C(C)=C/C(C(C)C)N(C)C(=O)C(NC(=O)C1CCCCN1C(C)C)[C@@H](C)CC. The number of ether oxygens (including phenoxy) is 1. The van der Waals surface area contributed by atoms with Crippen LogP contribution in [0.25, 0.3) is 0 Å². The van der Waals surface area contributed by atoms with Crippen molar-refractivity contribution < 1.29 is 19.1 Å². The van der Waals surface area contributed by atoms with Crippen molar-refractivity contribution in [2.75, 3.05) is 20.2 Å². The van der Waals surface area contributed by atoms with E-state index in [1.54, 1.807) is 31.9 Å². The number of piperidine rings is 1. The first-order valence-corrected chi connectivity index (χ1v) is 12.6. The molecule has 0 spiro atoms. The van der Waals surface area contributed by atoms with Gasteiger partial charge < -0.3 is 15.0 Å². The van der Waals surface area contributed by atoms with Gasteiger partial charge in [-0.25, -0.2) is 4.79 Å². The molecule has 0 aliphatic carbocycles. The predicted molar refractivity (Wildman–Crippen MR) is 133 cm³/mol. The van der Waals surface area contributed by atoms with Crippen LogP contribution in [0, 0.1) is 11.8 Å². The second-order valence-corrected chi connectivity index (χ2v) is 9.97. The molecule has 1 fully saturated rings. The molecule has 1 aliphatic rings. The number of carbonyl (C=O) groups excluding carboxylic acids is 3. The van der Waals surface area contributed by atoms with E-state index in [-0.39, 0.29) is 47.7 Å². The lowest BCUT2D eigenvalue weighted by Gasteiger charge is -2.39. The topological polar surface area (TPSA) is 79.0 Å². The van der Waals surface area contributed by atoms with Gasteiger partial charge >= 0.3 is 5.97 Å². The van der Waals surface area contributed by atoms with E-state index >= 15 is 0 Å². The van der Waals surface area contributed by atoms with Gasteiger partial charge in [-0.05, 0) is 58.9 Å². The molecule has 4 atom stereocenters. The summed E-state index contributed by atoms with van der Waals surface area (Å²) < 4.78 is 5.10. The monoisotopic (exact) mass is 465 g/mol. The van der Waals surface area contributed by atoms with Gasteiger partial charge in [0.25, 0.3) is 0 Å². The molecule has 1 N–H and O–H groups in total. The van der Waals surface area contributed by atoms with Gasteiger partial charge in [-0.15, -0.1) is 0 Å². The van der Waals surface area contributed by atoms with E-state index in [0.717, 1.165) is 32.2 Å². The molecule has 1 rings (SSSR count). The molecule has 1 saturated heterocycles. The largest absolute Gasteiger partial charge is 0.463 e. The van der Waals surface area contributed by atoms with E-state index in [0.29, 0.717) is 12.2 Å². The van der Waals surface area contributed by atoms with Crippen LogP contribution in [0.1, 0.15) is 81.1 Å². The second kappa shape index (κ2) is 13.7. The van der Waals surface area contributed by atoms with Gasteiger partial charge in [-0.3, -0.25) is 14.5 Å². The van der Waals surface area contributed by atoms with E-state index < -0.39 is 6.04 Å². The summed E-state index contributed by atoms with van der Waals surface area (Å²) in [7, 11) is 1.75. The third-order valence-electron chi connectivity index (χ3n) is 6.78. The summed E-state index contributed by atoms with van der Waals surface area (Å²) >= 11 is 0. The molecule has 0 bridgehead atoms. The Bertz CT molecular complexity index is 689. The molecule has 0 aromatic rings. The van der Waals surface area contributed by atoms with Crippen LogP contribution in [0.3, 0.4) is 0 Å². The number of hydrogen-bond donors (Lipinski definition) is 1. The van der Waals surface area contributed by atoms with E-state index in [9.17, 15) is 14.4 Å². The Morgan fingerprint density at radius 3 is 2.27 bits per heavy atom. The number of esters is 1. The number of likely N-dealkylation sites (tertiary alicyclic amines) is 1. The van der Waals surface area contributed by atoms with Crippen LogP contribution in [0.2, 0.25) is 0 Å². The molecule has 1 aliphatic heterocycles. The molecule has 1 heterocycles. The molecule has 190 valence electrons. The van der Waals surface area contributed by atoms with Crippen molar-refractivity contribution in [2.45, 2.75) is 105 Å². The highest BCUT2D eigenvalue weighted by molar-refractivity contribution is 5.91. The van der Waals surface area contributed by atoms with Crippen LogP contribution in [0.4, 0.5) is 0 Å². The van der Waals surface area contributed by atoms with Crippen molar-refractivity contribution >= 4 is 17.8 Å². The molecule has 33 heavy (non-hydrogen) atoms. The zero-order valence-corrected chi connectivity index (χ0v) is 22.3. The Hall–Kier alpha value is -1.89. The van der Waals surface area contributed by atoms with Crippen molar-refractivity contribution in [3.8, 4) is 0 Å². The van der Waals surface area contributed by atoms with Crippen LogP contribution in [0.15, 0.2) is 11.6 Å². The van der Waals surface area contributed by atoms with Crippen LogP contribution in [-0.4, -0.2) is 72.0 Å². The first-order valence-electron chi connectivity index (χ1n) is 12.6. The molecule has 0 saturated carbocycles. The van der Waals surface area contributed by atoms with Crippen molar-refractivity contribution in [1.29, 1.82) is 0 Å². The maximum Gasteiger partial charge on any atom is 0.333 e. The van der Waals surface area contributed by atoms with Gasteiger partial charge in [0.05, 0.1) is 18.7 Å². The molecule has 2 amide bonds. The number of nitrogens with zero attached hydrogens (tertiary/aromatic N) is 2. The quantitative estimate of drug-likeness (QED) is 0.371. The maximum absolute atomic E-state index is 13.7. The van der Waals surface area contributed by atoms with Gasteiger partial charge in [0.2, 0.25) is 11.8 Å². The number of rotatable bonds is 11. The van der Waals surface area contributed by atoms with E-state index in [1.165, 1.54) is 0 Å². The Labute approximate surface area is 201 Å². The van der Waals surface area contributed by atoms with Crippen molar-refractivity contribution in [2.24, 2.45) is 11.8 Å². The van der Waals surface area contributed by atoms with Gasteiger partial charge in [-0.2, -0.15) is 0 Å². The highest BCUT2D eigenvalue weighted by atomic mass is 16.5. The summed E-state index contributed by atoms with van der Waals surface area (Å²) in [5, 5.41) is 3.11. The normalized spacial score (nSPS) is 20.3. The molecule has 3 unspecified atom stereocenters. The summed E-state index contributed by atoms with van der Waals surface area (Å²) in [4.78, 5) is 43.0. The molecular formula is C26H47N3O4. The summed E-state index contributed by atoms with van der Waals surface area (Å²) in [5.41, 5.74) is 0.481. The van der Waals surface area contributed by atoms with Crippen LogP contribution >= 0.6 is 0 Å². The molecular weight excluding hydrogens is 418 g/mol. The Morgan fingerprint density at radius 1 is 1.12 bits per heavy atom. The van der Waals surface area contributed by atoms with Gasteiger partial charge in [-0.1, -0.05) is 46.6 Å². The van der Waals surface area contributed by atoms with E-state index in [1.807, 2.05) is 27.7 Å². The van der Waals surface area contributed by atoms with Crippen LogP contribution < -0.4 is 5.32 Å². The summed E-state index contributed by atoms with van der Waals surface area (Å²) in [5.74, 6) is -0.484. The zero-order valence-electron chi connectivity index (χ0n) is 22.3. The Kier molecular flexibility index (Phi) is 12.1. The number of likely N-dealkylation sites (N-methyl/N-ethyl adjacent to an activating group) is 1. The van der Waals surface area contributed by atoms with Crippen molar-refractivity contribution in [3.05, 3.63) is 11.6 Å². The average Bonchev–Trinajstić information content (AvgIpc) is 2.78. The minimum Gasteiger partial charge on any atom is -0.463 e. The lowest BCUT2D eigenvalue weighted by Crippen LogP contribution is -2.59. The third kappa shape index (κ3) is 8.13. The zero-order chi connectivity index (χ0) is 25.3. The third-order valence-corrected chi connectivity index (χ3v) is 6.78. The minimum absolute atomic E-state index is 0.0112. The Morgan fingerprint density at radius 2 is 1.76 bits per heavy atom. The number of hydrogen-bond acceptors (Lipinski definition) is 5. The number of nitrogens with one attached hydrogen (secondary N) is 1. The lowest BCUT2D eigenvalue weighted by molar-refractivity contribution is -0.140. The van der Waals surface area contributed by atoms with Gasteiger partial charge in [0, 0.05) is 18.7 Å². The van der Waals surface area contributed by atoms with E-state index in [2.05, 4.69) is 24.1 Å². The minimum atomic E-state index is -0.610. The van der Waals surface area contributed by atoms with Gasteiger partial charge in [0.1, 0.15) is 6.04 Å². The summed E-state index contributed by atoms with van der Waals surface area (Å²) in [6, 6.07) is -0.814. The maximum atomic E-state index is 13.7. The second-order valence-electron chi connectivity index (χ2n) is 9.97. The fourth-order valence-corrected chi connectivity index (χ4v) is 4.47. The van der Waals surface area contributed by atoms with Crippen molar-refractivity contribution in [1.82, 2.24) is 15.1 Å². The lowest BCUT2D eigenvalue weighted by atomic mass is 9.93. The predicted octanol–water partition coefficient (Wildman–Crippen LogP) is 3.77. The number of amides is 2. The number of carbonyl (C=O) groups is 3. The van der Waals surface area contributed by atoms with Gasteiger partial charge in [0.15, 0.2) is 0 Å². The molecule has 7 nitrogen and oxygen atoms in total. The highest BCUT2D eigenvalue weighted by Gasteiger charge is 2.36. The fourth-order valence-electron chi connectivity index (χ4n) is 4.47. The summed E-state index contributed by atoms with van der Waals surface area (Å²) in [6.07, 6.45) is 5.51. The smallest absolute Gasteiger partial charge is 0.333 e. The summed E-state index contributed by atoms with van der Waals surface area (Å²) in [6.45, 7) is 17.0. The van der Waals surface area contributed by atoms with E-state index in [4.69, 9.17) is 4.74 Å². The Balaban J connectivity index is 3.12. The van der Waals surface area contributed by atoms with Crippen molar-refractivity contribution in [3.63, 3.8) is 0 Å². The highest BCUT2D eigenvalue weighted by Crippen LogP contribution is 2.22. The molecule has 7 heteroatoms. The fraction of sp³-hybridized carbons (Fsp3) is 0.808.